The van der Waals surface area contributed by atoms with Crippen molar-refractivity contribution in [2.45, 2.75) is 32.5 Å². The molecule has 192 valence electrons. The van der Waals surface area contributed by atoms with Crippen molar-refractivity contribution in [3.63, 3.8) is 0 Å². The number of benzene rings is 2. The molecule has 37 heavy (non-hydrogen) atoms. The summed E-state index contributed by atoms with van der Waals surface area (Å²) < 4.78 is 12.8. The highest BCUT2D eigenvalue weighted by molar-refractivity contribution is 7.99. The maximum absolute atomic E-state index is 12.9. The molecule has 1 N–H and O–H groups in total. The van der Waals surface area contributed by atoms with E-state index in [2.05, 4.69) is 15.5 Å². The van der Waals surface area contributed by atoms with Gasteiger partial charge in [-0.1, -0.05) is 42.1 Å². The molecule has 2 aromatic carbocycles. The first-order valence-corrected chi connectivity index (χ1v) is 13.8. The first kappa shape index (κ1) is 26.4. The predicted molar refractivity (Wildman–Crippen MR) is 147 cm³/mol. The third-order valence-electron chi connectivity index (χ3n) is 5.40. The summed E-state index contributed by atoms with van der Waals surface area (Å²) in [5.41, 5.74) is 2.90. The van der Waals surface area contributed by atoms with Crippen molar-refractivity contribution in [2.75, 3.05) is 24.3 Å². The molecule has 1 amide bonds. The Morgan fingerprint density at radius 3 is 2.41 bits per heavy atom. The summed E-state index contributed by atoms with van der Waals surface area (Å²) in [6.07, 6.45) is 0. The Morgan fingerprint density at radius 2 is 1.73 bits per heavy atom. The fourth-order valence-corrected chi connectivity index (χ4v) is 5.52. The number of carbonyl (C=O) groups excluding carboxylic acids is 2. The van der Waals surface area contributed by atoms with Gasteiger partial charge in [0.25, 0.3) is 0 Å². The number of anilines is 1. The minimum Gasteiger partial charge on any atom is -0.494 e. The van der Waals surface area contributed by atoms with E-state index in [1.54, 1.807) is 6.92 Å². The summed E-state index contributed by atoms with van der Waals surface area (Å²) in [7, 11) is 0. The van der Waals surface area contributed by atoms with Crippen LogP contribution in [-0.4, -0.2) is 45.6 Å². The van der Waals surface area contributed by atoms with E-state index in [4.69, 9.17) is 9.47 Å². The molecule has 0 fully saturated rings. The molecule has 4 aromatic rings. The molecule has 8 nitrogen and oxygen atoms in total. The van der Waals surface area contributed by atoms with E-state index >= 15 is 0 Å². The maximum Gasteiger partial charge on any atom is 0.341 e. The summed E-state index contributed by atoms with van der Waals surface area (Å²) in [6, 6.07) is 17.3. The lowest BCUT2D eigenvalue weighted by Gasteiger charge is -2.10. The number of aromatic nitrogens is 3. The van der Waals surface area contributed by atoms with Gasteiger partial charge >= 0.3 is 5.97 Å². The maximum atomic E-state index is 12.9. The summed E-state index contributed by atoms with van der Waals surface area (Å²) in [6.45, 7) is 7.21. The van der Waals surface area contributed by atoms with E-state index in [0.29, 0.717) is 28.9 Å². The molecule has 0 aliphatic rings. The molecule has 0 spiro atoms. The molecule has 0 atom stereocenters. The molecular weight excluding hydrogens is 508 g/mol. The van der Waals surface area contributed by atoms with Crippen molar-refractivity contribution >= 4 is 40.0 Å². The zero-order valence-electron chi connectivity index (χ0n) is 20.9. The van der Waals surface area contributed by atoms with Crippen LogP contribution in [-0.2, 0) is 16.1 Å². The van der Waals surface area contributed by atoms with Gasteiger partial charge in [-0.15, -0.1) is 21.5 Å². The molecule has 4 rings (SSSR count). The second-order valence-corrected chi connectivity index (χ2v) is 9.61. The van der Waals surface area contributed by atoms with Crippen molar-refractivity contribution in [1.29, 1.82) is 0 Å². The summed E-state index contributed by atoms with van der Waals surface area (Å²) in [5, 5.41) is 14.5. The standard InChI is InChI=1S/C27H28N4O4S2/c1-4-31-24(19-12-14-20(15-13-19)34-5-2)29-30-27(31)37-17-22(32)28-25-23(26(33)35-6-3)21(16-36-25)18-10-8-7-9-11-18/h7-16H,4-6,17H2,1-3H3,(H,28,32). The van der Waals surface area contributed by atoms with Gasteiger partial charge in [-0.25, -0.2) is 4.79 Å². The smallest absolute Gasteiger partial charge is 0.341 e. The van der Waals surface area contributed by atoms with Crippen LogP contribution in [0.15, 0.2) is 65.1 Å². The molecular formula is C27H28N4O4S2. The van der Waals surface area contributed by atoms with Gasteiger partial charge in [0.05, 0.1) is 19.0 Å². The topological polar surface area (TPSA) is 95.3 Å². The lowest BCUT2D eigenvalue weighted by molar-refractivity contribution is -0.113. The molecule has 2 heterocycles. The van der Waals surface area contributed by atoms with Crippen molar-refractivity contribution in [1.82, 2.24) is 14.8 Å². The molecule has 0 radical (unpaired) electrons. The number of hydrogen-bond acceptors (Lipinski definition) is 8. The van der Waals surface area contributed by atoms with Crippen LogP contribution < -0.4 is 10.1 Å². The minimum absolute atomic E-state index is 0.113. The Kier molecular flexibility index (Phi) is 8.97. The van der Waals surface area contributed by atoms with Crippen molar-refractivity contribution in [2.24, 2.45) is 0 Å². The van der Waals surface area contributed by atoms with Gasteiger partial charge in [0.1, 0.15) is 16.3 Å². The van der Waals surface area contributed by atoms with Crippen LogP contribution in [0, 0.1) is 0 Å². The fourth-order valence-electron chi connectivity index (χ4n) is 3.74. The van der Waals surface area contributed by atoms with Gasteiger partial charge in [0.15, 0.2) is 11.0 Å². The molecule has 0 bridgehead atoms. The average molecular weight is 537 g/mol. The largest absolute Gasteiger partial charge is 0.494 e. The molecule has 0 unspecified atom stereocenters. The van der Waals surface area contributed by atoms with Crippen LogP contribution in [0.3, 0.4) is 0 Å². The molecule has 0 saturated heterocycles. The van der Waals surface area contributed by atoms with Crippen molar-refractivity contribution < 1.29 is 19.1 Å². The number of esters is 1. The molecule has 0 saturated carbocycles. The van der Waals surface area contributed by atoms with Gasteiger partial charge in [-0.3, -0.25) is 4.79 Å². The number of nitrogens with zero attached hydrogens (tertiary/aromatic N) is 3. The van der Waals surface area contributed by atoms with E-state index < -0.39 is 5.97 Å². The van der Waals surface area contributed by atoms with Crippen LogP contribution in [0.4, 0.5) is 5.00 Å². The number of nitrogens with one attached hydrogen (secondary N) is 1. The van der Waals surface area contributed by atoms with E-state index in [-0.39, 0.29) is 18.3 Å². The summed E-state index contributed by atoms with van der Waals surface area (Å²) in [4.78, 5) is 25.6. The quantitative estimate of drug-likeness (QED) is 0.186. The molecule has 2 aromatic heterocycles. The Balaban J connectivity index is 1.48. The lowest BCUT2D eigenvalue weighted by Crippen LogP contribution is -2.16. The van der Waals surface area contributed by atoms with Crippen LogP contribution in [0.5, 0.6) is 5.75 Å². The Bertz CT molecular complexity index is 1350. The van der Waals surface area contributed by atoms with E-state index in [1.165, 1.54) is 23.1 Å². The first-order valence-electron chi connectivity index (χ1n) is 12.0. The van der Waals surface area contributed by atoms with Crippen molar-refractivity contribution in [3.05, 3.63) is 65.5 Å². The highest BCUT2D eigenvalue weighted by Crippen LogP contribution is 2.36. The zero-order chi connectivity index (χ0) is 26.2. The van der Waals surface area contributed by atoms with Gasteiger partial charge < -0.3 is 19.4 Å². The minimum atomic E-state index is -0.462. The number of thiophene rings is 1. The third-order valence-corrected chi connectivity index (χ3v) is 7.26. The number of carbonyl (C=O) groups is 2. The fraction of sp³-hybridized carbons (Fsp3) is 0.259. The van der Waals surface area contributed by atoms with Crippen LogP contribution in [0.25, 0.3) is 22.5 Å². The normalized spacial score (nSPS) is 10.8. The van der Waals surface area contributed by atoms with Gasteiger partial charge in [0.2, 0.25) is 5.91 Å². The number of amides is 1. The highest BCUT2D eigenvalue weighted by Gasteiger charge is 2.23. The second-order valence-electron chi connectivity index (χ2n) is 7.78. The first-order chi connectivity index (χ1) is 18.0. The number of thioether (sulfide) groups is 1. The Labute approximate surface area is 224 Å². The van der Waals surface area contributed by atoms with E-state index in [1.807, 2.05) is 78.4 Å². The molecule has 0 aliphatic carbocycles. The van der Waals surface area contributed by atoms with Crippen LogP contribution >= 0.6 is 23.1 Å². The average Bonchev–Trinajstić information content (AvgIpc) is 3.53. The van der Waals surface area contributed by atoms with E-state index in [9.17, 15) is 9.59 Å². The monoisotopic (exact) mass is 536 g/mol. The lowest BCUT2D eigenvalue weighted by atomic mass is 10.0. The van der Waals surface area contributed by atoms with Crippen molar-refractivity contribution in [3.8, 4) is 28.3 Å². The van der Waals surface area contributed by atoms with Gasteiger partial charge in [0, 0.05) is 23.1 Å². The zero-order valence-corrected chi connectivity index (χ0v) is 22.5. The van der Waals surface area contributed by atoms with Gasteiger partial charge in [-0.05, 0) is 50.6 Å². The second kappa shape index (κ2) is 12.6. The van der Waals surface area contributed by atoms with Crippen LogP contribution in [0.2, 0.25) is 0 Å². The third kappa shape index (κ3) is 6.20. The van der Waals surface area contributed by atoms with Crippen LogP contribution in [0.1, 0.15) is 31.1 Å². The van der Waals surface area contributed by atoms with Gasteiger partial charge in [-0.2, -0.15) is 0 Å². The number of ether oxygens (including phenoxy) is 2. The summed E-state index contributed by atoms with van der Waals surface area (Å²) >= 11 is 2.60. The number of hydrogen-bond donors (Lipinski definition) is 1. The summed E-state index contributed by atoms with van der Waals surface area (Å²) in [5.74, 6) is 0.930. The predicted octanol–water partition coefficient (Wildman–Crippen LogP) is 6.00. The van der Waals surface area contributed by atoms with E-state index in [0.717, 1.165) is 28.3 Å². The molecule has 10 heteroatoms. The highest BCUT2D eigenvalue weighted by atomic mass is 32.2. The number of rotatable bonds is 11. The Hall–Kier alpha value is -3.63. The molecule has 0 aliphatic heterocycles. The Morgan fingerprint density at radius 1 is 0.973 bits per heavy atom. The SMILES string of the molecule is CCOC(=O)c1c(-c2ccccc2)csc1NC(=O)CSc1nnc(-c2ccc(OCC)cc2)n1CC.